The number of nitrogens with zero attached hydrogens (tertiary/aromatic N) is 1. The Kier molecular flexibility index (Phi) is 3.74. The van der Waals surface area contributed by atoms with Gasteiger partial charge in [-0.2, -0.15) is 0 Å². The number of nitrogens with one attached hydrogen (secondary N) is 1. The Morgan fingerprint density at radius 2 is 2.28 bits per heavy atom. The van der Waals surface area contributed by atoms with E-state index in [0.717, 1.165) is 4.88 Å². The Hall–Kier alpha value is -1.72. The van der Waals surface area contributed by atoms with Crippen molar-refractivity contribution in [2.75, 3.05) is 0 Å². The summed E-state index contributed by atoms with van der Waals surface area (Å²) >= 11 is 1.59. The molecule has 0 saturated heterocycles. The topological polar surface area (TPSA) is 62.2 Å². The molecule has 4 nitrogen and oxygen atoms in total. The zero-order valence-corrected chi connectivity index (χ0v) is 10.8. The van der Waals surface area contributed by atoms with E-state index in [-0.39, 0.29) is 0 Å². The third kappa shape index (κ3) is 2.57. The molecule has 94 valence electrons. The number of hydrogen-bond acceptors (Lipinski definition) is 4. The van der Waals surface area contributed by atoms with E-state index in [1.807, 2.05) is 17.5 Å². The molecule has 2 aromatic heterocycles. The molecule has 2 N–H and O–H groups in total. The molecule has 2 aromatic rings. The Bertz CT molecular complexity index is 513. The van der Waals surface area contributed by atoms with Crippen molar-refractivity contribution >= 4 is 17.3 Å². The molecule has 0 aliphatic heterocycles. The van der Waals surface area contributed by atoms with Crippen molar-refractivity contribution < 1.29 is 9.90 Å². The molecule has 0 aliphatic carbocycles. The van der Waals surface area contributed by atoms with Crippen LogP contribution in [0.5, 0.6) is 0 Å². The molecule has 18 heavy (non-hydrogen) atoms. The fourth-order valence-electron chi connectivity index (χ4n) is 1.61. The first-order valence-corrected chi connectivity index (χ1v) is 6.43. The lowest BCUT2D eigenvalue weighted by Gasteiger charge is -2.25. The fourth-order valence-corrected chi connectivity index (χ4v) is 2.26. The Morgan fingerprint density at radius 1 is 1.44 bits per heavy atom. The van der Waals surface area contributed by atoms with Gasteiger partial charge in [-0.25, -0.2) is 4.79 Å². The van der Waals surface area contributed by atoms with E-state index in [0.29, 0.717) is 12.2 Å². The number of carbonyl (C=O) groups is 1. The number of carboxylic acid groups (broad SMARTS) is 1. The number of carboxylic acids is 1. The van der Waals surface area contributed by atoms with E-state index < -0.39 is 11.5 Å². The van der Waals surface area contributed by atoms with Crippen LogP contribution in [0.4, 0.5) is 0 Å². The zero-order chi connectivity index (χ0) is 13.0. The molecule has 0 radical (unpaired) electrons. The highest BCUT2D eigenvalue weighted by Gasteiger charge is 2.35. The van der Waals surface area contributed by atoms with E-state index in [1.165, 1.54) is 0 Å². The molecule has 2 heterocycles. The highest BCUT2D eigenvalue weighted by atomic mass is 32.1. The highest BCUT2D eigenvalue weighted by Crippen LogP contribution is 2.20. The quantitative estimate of drug-likeness (QED) is 0.867. The predicted octanol–water partition coefficient (Wildman–Crippen LogP) is 2.23. The van der Waals surface area contributed by atoms with Crippen LogP contribution in [0.25, 0.3) is 0 Å². The molecule has 0 amide bonds. The SMILES string of the molecule is CC(NCc1cccs1)(C(=O)O)c1ccccn1. The normalized spacial score (nSPS) is 14.1. The van der Waals surface area contributed by atoms with Crippen LogP contribution in [0.15, 0.2) is 41.9 Å². The smallest absolute Gasteiger partial charge is 0.329 e. The number of aromatic nitrogens is 1. The molecule has 0 fully saturated rings. The molecule has 0 saturated carbocycles. The van der Waals surface area contributed by atoms with Gasteiger partial charge in [0.1, 0.15) is 0 Å². The Morgan fingerprint density at radius 3 is 2.83 bits per heavy atom. The van der Waals surface area contributed by atoms with Crippen molar-refractivity contribution in [2.24, 2.45) is 0 Å². The van der Waals surface area contributed by atoms with Gasteiger partial charge in [0.05, 0.1) is 5.69 Å². The molecule has 2 rings (SSSR count). The lowest BCUT2D eigenvalue weighted by Crippen LogP contribution is -2.46. The van der Waals surface area contributed by atoms with Gasteiger partial charge in [-0.3, -0.25) is 10.3 Å². The minimum atomic E-state index is -1.18. The molecule has 0 aromatic carbocycles. The van der Waals surface area contributed by atoms with Crippen LogP contribution in [0.1, 0.15) is 17.5 Å². The molecule has 0 spiro atoms. The van der Waals surface area contributed by atoms with E-state index in [1.54, 1.807) is 42.7 Å². The van der Waals surface area contributed by atoms with E-state index in [2.05, 4.69) is 10.3 Å². The summed E-state index contributed by atoms with van der Waals surface area (Å²) in [6, 6.07) is 9.19. The maximum atomic E-state index is 11.5. The minimum Gasteiger partial charge on any atom is -0.480 e. The summed E-state index contributed by atoms with van der Waals surface area (Å²) in [5.74, 6) is -0.933. The van der Waals surface area contributed by atoms with Crippen molar-refractivity contribution in [3.05, 3.63) is 52.5 Å². The van der Waals surface area contributed by atoms with Crippen LogP contribution in [-0.2, 0) is 16.9 Å². The van der Waals surface area contributed by atoms with Crippen LogP contribution in [-0.4, -0.2) is 16.1 Å². The average molecular weight is 262 g/mol. The summed E-state index contributed by atoms with van der Waals surface area (Å²) in [6.45, 7) is 2.14. The fraction of sp³-hybridized carbons (Fsp3) is 0.231. The van der Waals surface area contributed by atoms with Gasteiger partial charge in [-0.15, -0.1) is 11.3 Å². The van der Waals surface area contributed by atoms with E-state index in [9.17, 15) is 9.90 Å². The number of rotatable bonds is 5. The summed E-state index contributed by atoms with van der Waals surface area (Å²) in [5, 5.41) is 14.4. The van der Waals surface area contributed by atoms with Crippen molar-refractivity contribution in [1.29, 1.82) is 0 Å². The van der Waals surface area contributed by atoms with Crippen LogP contribution in [0.3, 0.4) is 0 Å². The predicted molar refractivity (Wildman–Crippen MR) is 70.4 cm³/mol. The van der Waals surface area contributed by atoms with Gasteiger partial charge in [0, 0.05) is 17.6 Å². The van der Waals surface area contributed by atoms with Crippen molar-refractivity contribution in [2.45, 2.75) is 19.0 Å². The lowest BCUT2D eigenvalue weighted by molar-refractivity contribution is -0.144. The average Bonchev–Trinajstić information content (AvgIpc) is 2.90. The first-order chi connectivity index (χ1) is 8.63. The van der Waals surface area contributed by atoms with Gasteiger partial charge < -0.3 is 5.11 Å². The van der Waals surface area contributed by atoms with Gasteiger partial charge in [-0.05, 0) is 30.5 Å². The van der Waals surface area contributed by atoms with Gasteiger partial charge in [0.25, 0.3) is 0 Å². The second-order valence-electron chi connectivity index (χ2n) is 4.08. The van der Waals surface area contributed by atoms with Crippen molar-refractivity contribution in [3.8, 4) is 0 Å². The van der Waals surface area contributed by atoms with Crippen LogP contribution in [0.2, 0.25) is 0 Å². The molecular weight excluding hydrogens is 248 g/mol. The first-order valence-electron chi connectivity index (χ1n) is 5.55. The molecule has 1 unspecified atom stereocenters. The molecule has 1 atom stereocenters. The second kappa shape index (κ2) is 5.29. The number of thiophene rings is 1. The van der Waals surface area contributed by atoms with Crippen molar-refractivity contribution in [1.82, 2.24) is 10.3 Å². The summed E-state index contributed by atoms with van der Waals surface area (Å²) in [5.41, 5.74) is -0.667. The molecule has 5 heteroatoms. The summed E-state index contributed by atoms with van der Waals surface area (Å²) in [4.78, 5) is 16.7. The van der Waals surface area contributed by atoms with E-state index >= 15 is 0 Å². The van der Waals surface area contributed by atoms with Crippen molar-refractivity contribution in [3.63, 3.8) is 0 Å². The first kappa shape index (κ1) is 12.7. The minimum absolute atomic E-state index is 0.508. The number of pyridine rings is 1. The van der Waals surface area contributed by atoms with Gasteiger partial charge in [0.2, 0.25) is 0 Å². The summed E-state index contributed by atoms with van der Waals surface area (Å²) in [7, 11) is 0. The van der Waals surface area contributed by atoms with Gasteiger partial charge in [0.15, 0.2) is 5.54 Å². The molecule has 0 bridgehead atoms. The Labute approximate surface area is 109 Å². The zero-order valence-electron chi connectivity index (χ0n) is 9.96. The molecular formula is C13H14N2O2S. The maximum absolute atomic E-state index is 11.5. The largest absolute Gasteiger partial charge is 0.480 e. The third-order valence-corrected chi connectivity index (χ3v) is 3.68. The monoisotopic (exact) mass is 262 g/mol. The van der Waals surface area contributed by atoms with Crippen LogP contribution < -0.4 is 5.32 Å². The summed E-state index contributed by atoms with van der Waals surface area (Å²) in [6.07, 6.45) is 1.60. The van der Waals surface area contributed by atoms with Crippen LogP contribution >= 0.6 is 11.3 Å². The lowest BCUT2D eigenvalue weighted by atomic mass is 9.97. The second-order valence-corrected chi connectivity index (χ2v) is 5.11. The third-order valence-electron chi connectivity index (χ3n) is 2.80. The summed E-state index contributed by atoms with van der Waals surface area (Å²) < 4.78 is 0. The number of aliphatic carboxylic acids is 1. The Balaban J connectivity index is 2.20. The van der Waals surface area contributed by atoms with Crippen LogP contribution in [0, 0.1) is 0 Å². The van der Waals surface area contributed by atoms with E-state index in [4.69, 9.17) is 0 Å². The highest BCUT2D eigenvalue weighted by molar-refractivity contribution is 7.09. The van der Waals surface area contributed by atoms with Gasteiger partial charge >= 0.3 is 5.97 Å². The molecule has 0 aliphatic rings. The number of hydrogen-bond donors (Lipinski definition) is 2. The standard InChI is InChI=1S/C13H14N2O2S/c1-13(12(16)17,11-6-2-3-7-14-11)15-9-10-5-4-8-18-10/h2-8,15H,9H2,1H3,(H,16,17). The van der Waals surface area contributed by atoms with Gasteiger partial charge in [-0.1, -0.05) is 12.1 Å². The maximum Gasteiger partial charge on any atom is 0.329 e.